The highest BCUT2D eigenvalue weighted by Gasteiger charge is 2.64. The van der Waals surface area contributed by atoms with Gasteiger partial charge in [-0.1, -0.05) is 0 Å². The summed E-state index contributed by atoms with van der Waals surface area (Å²) in [6.07, 6.45) is 11.7. The first-order valence-corrected chi connectivity index (χ1v) is 28.6. The highest BCUT2D eigenvalue weighted by molar-refractivity contribution is 9.10. The molecule has 0 radical (unpaired) electrons. The molecule has 3 aliphatic heterocycles. The number of anilines is 2. The Morgan fingerprint density at radius 3 is 1.25 bits per heavy atom. The number of benzene rings is 2. The fourth-order valence-electron chi connectivity index (χ4n) is 8.07. The zero-order valence-electron chi connectivity index (χ0n) is 46.1. The Hall–Kier alpha value is -5.19. The van der Waals surface area contributed by atoms with Gasteiger partial charge in [0.25, 0.3) is 11.8 Å². The summed E-state index contributed by atoms with van der Waals surface area (Å²) in [6, 6.07) is 6.53. The van der Waals surface area contributed by atoms with Gasteiger partial charge < -0.3 is 47.4 Å². The van der Waals surface area contributed by atoms with Crippen LogP contribution in [0.4, 0.5) is 11.4 Å². The number of amides is 2. The summed E-state index contributed by atoms with van der Waals surface area (Å²) in [6.45, 7) is 23.9. The van der Waals surface area contributed by atoms with Gasteiger partial charge in [-0.25, -0.2) is 26.8 Å². The Bertz CT molecular complexity index is 3320. The van der Waals surface area contributed by atoms with Crippen molar-refractivity contribution < 1.29 is 63.2 Å². The van der Waals surface area contributed by atoms with E-state index < -0.39 is 52.4 Å². The molecule has 0 unspecified atom stereocenters. The molecule has 0 saturated carbocycles. The molecule has 2 N–H and O–H groups in total. The minimum atomic E-state index is -3.62. The lowest BCUT2D eigenvalue weighted by Crippen LogP contribution is -2.41. The van der Waals surface area contributed by atoms with Gasteiger partial charge in [-0.05, 0) is 111 Å². The van der Waals surface area contributed by atoms with Crippen LogP contribution in [-0.2, 0) is 48.0 Å². The summed E-state index contributed by atoms with van der Waals surface area (Å²) in [4.78, 5) is 33.2. The maximum absolute atomic E-state index is 12.8. The van der Waals surface area contributed by atoms with Gasteiger partial charge in [-0.3, -0.25) is 27.3 Å². The number of imidazole rings is 2. The third kappa shape index (κ3) is 11.0. The van der Waals surface area contributed by atoms with E-state index in [2.05, 4.69) is 36.5 Å². The number of carbonyl (C=O) groups is 2. The van der Waals surface area contributed by atoms with Crippen molar-refractivity contribution in [2.75, 3.05) is 49.3 Å². The lowest BCUT2D eigenvalue weighted by atomic mass is 9.49. The van der Waals surface area contributed by atoms with E-state index in [4.69, 9.17) is 36.8 Å². The number of aromatic nitrogens is 4. The van der Waals surface area contributed by atoms with E-state index in [1.54, 1.807) is 58.2 Å². The molecule has 6 aromatic rings. The molecule has 28 heteroatoms. The van der Waals surface area contributed by atoms with Crippen LogP contribution in [0.3, 0.4) is 0 Å². The smallest absolute Gasteiger partial charge is 0.439 e. The fraction of sp³-hybridized carbons (Fsp3) is 0.500. The van der Waals surface area contributed by atoms with Crippen molar-refractivity contribution in [3.05, 3.63) is 77.3 Å². The van der Waals surface area contributed by atoms with Crippen molar-refractivity contribution >= 4 is 108 Å². The zero-order chi connectivity index (χ0) is 56.7. The molecule has 3 fully saturated rings. The predicted molar refractivity (Wildman–Crippen MR) is 296 cm³/mol. The molecule has 2 aromatic carbocycles. The van der Waals surface area contributed by atoms with Crippen LogP contribution in [0.25, 0.3) is 33.7 Å². The van der Waals surface area contributed by atoms with E-state index in [-0.39, 0.29) is 45.7 Å². The standard InChI is InChI=1S/C21H27BN4O6S.C15H15BrN4O4S.C12H24B2O4/c1-20(2)21(3,4)32-22(31-20)14-10-13-16(11-15(14)25(6)33(7,28)29)30-19(17(13)18(27)23-5)26-9-8-24-12-26;1-17-14(21)13-9-6-10(16)11(19(2)25(3,22)23)7-12(9)24-15(13)20-5-4-18-8-20;1-9(2)10(3,4)16-13(15-9)14-17-11(5,6)12(7,8)18-14/h8-12H,1-7H3,(H,23,27);4-8H,1-3H3,(H,17,21);1-8H3. The quantitative estimate of drug-likeness (QED) is 0.148. The van der Waals surface area contributed by atoms with Gasteiger partial charge in [0.1, 0.15) is 34.9 Å². The molecule has 2 amide bonds. The number of sulfonamides is 2. The maximum Gasteiger partial charge on any atom is 0.497 e. The SMILES string of the molecule is CC1(C)OB(B2OC(C)(C)C(C)(C)O2)OC1(C)C.CNC(=O)c1c(-n2ccnc2)oc2cc(N(C)S(C)(=O)=O)c(B3OC(C)(C)C(C)(C)O3)cc12.CNC(=O)c1c(-n2ccnc2)oc2cc(N(C)S(C)(=O)=O)c(Br)cc12. The molecule has 7 heterocycles. The largest absolute Gasteiger partial charge is 0.497 e. The molecular formula is C48H66B3BrN8O14S2. The second-order valence-electron chi connectivity index (χ2n) is 21.7. The van der Waals surface area contributed by atoms with E-state index >= 15 is 0 Å². The lowest BCUT2D eigenvalue weighted by molar-refractivity contribution is 0.00578. The molecule has 22 nitrogen and oxygen atoms in total. The minimum absolute atomic E-state index is 0.265. The van der Waals surface area contributed by atoms with Gasteiger partial charge in [0.2, 0.25) is 31.8 Å². The minimum Gasteiger partial charge on any atom is -0.439 e. The number of hydrogen-bond donors (Lipinski definition) is 2. The van der Waals surface area contributed by atoms with Crippen molar-refractivity contribution in [2.45, 2.75) is 117 Å². The average Bonchev–Trinajstić information content (AvgIpc) is 4.18. The third-order valence-electron chi connectivity index (χ3n) is 14.9. The normalized spacial score (nSPS) is 19.0. The average molecular weight is 1160 g/mol. The van der Waals surface area contributed by atoms with Gasteiger partial charge in [0.15, 0.2) is 0 Å². The predicted octanol–water partition coefficient (Wildman–Crippen LogP) is 6.06. The number of hydrogen-bond acceptors (Lipinski definition) is 16. The second kappa shape index (κ2) is 20.2. The number of nitrogens with one attached hydrogen (secondary N) is 2. The first kappa shape index (κ1) is 58.5. The van der Waals surface area contributed by atoms with Crippen LogP contribution < -0.4 is 24.7 Å². The summed E-state index contributed by atoms with van der Waals surface area (Å²) in [5.74, 6) is -0.112. The van der Waals surface area contributed by atoms with E-state index in [1.165, 1.54) is 40.8 Å². The van der Waals surface area contributed by atoms with Crippen molar-refractivity contribution in [3.8, 4) is 11.8 Å². The summed E-state index contributed by atoms with van der Waals surface area (Å²) in [5.41, 5.74) is -0.170. The first-order chi connectivity index (χ1) is 34.9. The van der Waals surface area contributed by atoms with Crippen LogP contribution in [0.15, 0.2) is 75.0 Å². The van der Waals surface area contributed by atoms with Crippen molar-refractivity contribution in [1.82, 2.24) is 29.7 Å². The van der Waals surface area contributed by atoms with Crippen LogP contribution in [0.2, 0.25) is 0 Å². The molecular weight excluding hydrogens is 1090 g/mol. The Kier molecular flexibility index (Phi) is 15.6. The van der Waals surface area contributed by atoms with E-state index in [0.717, 1.165) is 21.1 Å². The molecule has 3 aliphatic rings. The monoisotopic (exact) mass is 1150 g/mol. The van der Waals surface area contributed by atoms with Gasteiger partial charge in [0, 0.05) is 85.8 Å². The summed E-state index contributed by atoms with van der Waals surface area (Å²) >= 11 is 3.38. The Labute approximate surface area is 453 Å². The van der Waals surface area contributed by atoms with Crippen LogP contribution in [0.1, 0.15) is 104 Å². The molecule has 0 aliphatic carbocycles. The number of halogens is 1. The lowest BCUT2D eigenvalue weighted by Gasteiger charge is -2.32. The van der Waals surface area contributed by atoms with Gasteiger partial charge in [-0.2, -0.15) is 0 Å². The molecule has 76 heavy (non-hydrogen) atoms. The third-order valence-corrected chi connectivity index (χ3v) is 17.9. The van der Waals surface area contributed by atoms with E-state index in [0.29, 0.717) is 54.7 Å². The maximum atomic E-state index is 12.8. The van der Waals surface area contributed by atoms with Gasteiger partial charge in [0.05, 0.1) is 57.5 Å². The fourth-order valence-corrected chi connectivity index (χ4v) is 9.82. The molecule has 3 saturated heterocycles. The highest BCUT2D eigenvalue weighted by Crippen LogP contribution is 2.44. The van der Waals surface area contributed by atoms with Crippen LogP contribution in [-0.4, -0.2) is 143 Å². The molecule has 9 rings (SSSR count). The first-order valence-electron chi connectivity index (χ1n) is 24.1. The molecule has 0 bridgehead atoms. The van der Waals surface area contributed by atoms with Gasteiger partial charge >= 0.3 is 21.1 Å². The zero-order valence-corrected chi connectivity index (χ0v) is 49.3. The molecule has 410 valence electrons. The molecule has 0 atom stereocenters. The van der Waals surface area contributed by atoms with Crippen LogP contribution in [0, 0.1) is 0 Å². The van der Waals surface area contributed by atoms with E-state index in [9.17, 15) is 26.4 Å². The van der Waals surface area contributed by atoms with Crippen LogP contribution in [0.5, 0.6) is 0 Å². The Morgan fingerprint density at radius 2 is 0.908 bits per heavy atom. The van der Waals surface area contributed by atoms with Crippen molar-refractivity contribution in [2.24, 2.45) is 0 Å². The highest BCUT2D eigenvalue weighted by atomic mass is 79.9. The van der Waals surface area contributed by atoms with Gasteiger partial charge in [-0.15, -0.1) is 0 Å². The summed E-state index contributed by atoms with van der Waals surface area (Å²) < 4.78 is 103. The number of furan rings is 2. The second-order valence-corrected chi connectivity index (χ2v) is 26.6. The summed E-state index contributed by atoms with van der Waals surface area (Å²) in [5, 5.41) is 6.28. The summed E-state index contributed by atoms with van der Waals surface area (Å²) in [7, 11) is -2.92. The number of fused-ring (bicyclic) bond motifs is 2. The van der Waals surface area contributed by atoms with Crippen molar-refractivity contribution in [3.63, 3.8) is 0 Å². The topological polar surface area (TPSA) is 250 Å². The van der Waals surface area contributed by atoms with E-state index in [1.807, 2.05) is 83.1 Å². The number of carbonyl (C=O) groups excluding carboxylic acids is 2. The number of nitrogens with zero attached hydrogens (tertiary/aromatic N) is 6. The Balaban J connectivity index is 0.000000174. The molecule has 0 spiro atoms. The van der Waals surface area contributed by atoms with Crippen molar-refractivity contribution in [1.29, 1.82) is 0 Å². The number of rotatable bonds is 10. The Morgan fingerprint density at radius 1 is 0.566 bits per heavy atom. The van der Waals surface area contributed by atoms with Crippen LogP contribution >= 0.6 is 15.9 Å². The molecule has 4 aromatic heterocycles.